The Morgan fingerprint density at radius 3 is 1.91 bits per heavy atom. The Morgan fingerprint density at radius 1 is 0.864 bits per heavy atom. The molecule has 0 amide bonds. The van der Waals surface area contributed by atoms with Crippen molar-refractivity contribution >= 4 is 27.5 Å². The number of hydrogen-bond acceptors (Lipinski definition) is 1. The normalized spacial score (nSPS) is 11.0. The predicted molar refractivity (Wildman–Crippen MR) is 102 cm³/mol. The molecular formula is C19H31BrClN. The highest BCUT2D eigenvalue weighted by Crippen LogP contribution is 2.25. The van der Waals surface area contributed by atoms with Crippen molar-refractivity contribution in [1.29, 1.82) is 0 Å². The summed E-state index contributed by atoms with van der Waals surface area (Å²) in [6, 6.07) is 1.90. The molecule has 22 heavy (non-hydrogen) atoms. The van der Waals surface area contributed by atoms with Crippen LogP contribution in [0.5, 0.6) is 0 Å². The molecule has 0 aliphatic heterocycles. The Labute approximate surface area is 150 Å². The van der Waals surface area contributed by atoms with Crippen molar-refractivity contribution in [2.75, 3.05) is 0 Å². The summed E-state index contributed by atoms with van der Waals surface area (Å²) in [5.74, 6) is 0. The summed E-state index contributed by atoms with van der Waals surface area (Å²) in [4.78, 5) is 4.37. The van der Waals surface area contributed by atoms with Gasteiger partial charge < -0.3 is 0 Å². The van der Waals surface area contributed by atoms with Crippen LogP contribution in [0.2, 0.25) is 5.02 Å². The zero-order valence-electron chi connectivity index (χ0n) is 14.1. The van der Waals surface area contributed by atoms with E-state index >= 15 is 0 Å². The molecular weight excluding hydrogens is 358 g/mol. The summed E-state index contributed by atoms with van der Waals surface area (Å²) >= 11 is 9.68. The molecule has 0 radical (unpaired) electrons. The first-order valence-electron chi connectivity index (χ1n) is 9.04. The topological polar surface area (TPSA) is 12.9 Å². The number of aromatic nitrogens is 1. The van der Waals surface area contributed by atoms with Gasteiger partial charge in [-0.1, -0.05) is 89.2 Å². The summed E-state index contributed by atoms with van der Waals surface area (Å²) in [6.45, 7) is 2.28. The first-order chi connectivity index (χ1) is 10.8. The molecule has 0 N–H and O–H groups in total. The van der Waals surface area contributed by atoms with Crippen LogP contribution in [0, 0.1) is 0 Å². The highest BCUT2D eigenvalue weighted by Gasteiger charge is 2.04. The summed E-state index contributed by atoms with van der Waals surface area (Å²) in [7, 11) is 0. The van der Waals surface area contributed by atoms with Gasteiger partial charge >= 0.3 is 0 Å². The molecule has 1 aromatic rings. The molecule has 1 heterocycles. The number of unbranched alkanes of at least 4 members (excludes halogenated alkanes) is 11. The maximum absolute atomic E-state index is 6.23. The fourth-order valence-corrected chi connectivity index (χ4v) is 3.32. The highest BCUT2D eigenvalue weighted by molar-refractivity contribution is 9.10. The van der Waals surface area contributed by atoms with Crippen LogP contribution in [0.1, 0.15) is 89.7 Å². The molecule has 0 unspecified atom stereocenters. The van der Waals surface area contributed by atoms with Gasteiger partial charge in [0, 0.05) is 10.7 Å². The third kappa shape index (κ3) is 9.15. The Hall–Kier alpha value is -0.0800. The van der Waals surface area contributed by atoms with Gasteiger partial charge in [-0.05, 0) is 34.8 Å². The highest BCUT2D eigenvalue weighted by atomic mass is 79.9. The third-order valence-corrected chi connectivity index (χ3v) is 5.49. The van der Waals surface area contributed by atoms with Crippen molar-refractivity contribution in [3.63, 3.8) is 0 Å². The Bertz CT molecular complexity index is 395. The van der Waals surface area contributed by atoms with E-state index in [0.29, 0.717) is 0 Å². The average Bonchev–Trinajstić information content (AvgIpc) is 2.52. The fraction of sp³-hybridized carbons (Fsp3) is 0.737. The summed E-state index contributed by atoms with van der Waals surface area (Å²) < 4.78 is 0.957. The lowest BCUT2D eigenvalue weighted by Gasteiger charge is -2.05. The van der Waals surface area contributed by atoms with E-state index in [0.717, 1.165) is 21.6 Å². The monoisotopic (exact) mass is 387 g/mol. The second-order valence-corrected chi connectivity index (χ2v) is 7.42. The van der Waals surface area contributed by atoms with E-state index < -0.39 is 0 Å². The standard InChI is InChI=1S/C19H31BrClN/c1-2-3-4-5-6-7-8-9-10-11-12-13-14-18-19(21)17(20)15-16-22-18/h15-16H,2-14H2,1H3. The molecule has 126 valence electrons. The molecule has 0 saturated carbocycles. The van der Waals surface area contributed by atoms with E-state index in [1.54, 1.807) is 0 Å². The van der Waals surface area contributed by atoms with Crippen molar-refractivity contribution in [2.24, 2.45) is 0 Å². The molecule has 1 rings (SSSR count). The number of pyridine rings is 1. The molecule has 0 aliphatic carbocycles. The van der Waals surface area contributed by atoms with E-state index in [2.05, 4.69) is 27.8 Å². The molecule has 0 atom stereocenters. The number of rotatable bonds is 13. The maximum atomic E-state index is 6.23. The number of halogens is 2. The lowest BCUT2D eigenvalue weighted by Crippen LogP contribution is -1.92. The smallest absolute Gasteiger partial charge is 0.0763 e. The Morgan fingerprint density at radius 2 is 1.36 bits per heavy atom. The van der Waals surface area contributed by atoms with Crippen molar-refractivity contribution in [3.05, 3.63) is 27.5 Å². The number of nitrogens with zero attached hydrogens (tertiary/aromatic N) is 1. The van der Waals surface area contributed by atoms with Crippen LogP contribution in [-0.2, 0) is 6.42 Å². The van der Waals surface area contributed by atoms with Crippen LogP contribution in [0.25, 0.3) is 0 Å². The van der Waals surface area contributed by atoms with Gasteiger partial charge in [0.15, 0.2) is 0 Å². The molecule has 0 fully saturated rings. The van der Waals surface area contributed by atoms with Crippen LogP contribution in [0.4, 0.5) is 0 Å². The minimum Gasteiger partial charge on any atom is -0.260 e. The lowest BCUT2D eigenvalue weighted by atomic mass is 10.0. The zero-order valence-corrected chi connectivity index (χ0v) is 16.4. The molecule has 1 aromatic heterocycles. The number of aryl methyl sites for hydroxylation is 1. The first-order valence-corrected chi connectivity index (χ1v) is 10.2. The van der Waals surface area contributed by atoms with Gasteiger partial charge in [-0.25, -0.2) is 0 Å². The molecule has 0 aliphatic rings. The average molecular weight is 389 g/mol. The van der Waals surface area contributed by atoms with Crippen LogP contribution in [0.3, 0.4) is 0 Å². The third-order valence-electron chi connectivity index (χ3n) is 4.18. The molecule has 0 aromatic carbocycles. The van der Waals surface area contributed by atoms with Crippen LogP contribution in [-0.4, -0.2) is 4.98 Å². The van der Waals surface area contributed by atoms with Crippen molar-refractivity contribution in [2.45, 2.75) is 90.4 Å². The lowest BCUT2D eigenvalue weighted by molar-refractivity contribution is 0.543. The van der Waals surface area contributed by atoms with Crippen LogP contribution >= 0.6 is 27.5 Å². The second kappa shape index (κ2) is 13.4. The van der Waals surface area contributed by atoms with Gasteiger partial charge in [-0.15, -0.1) is 0 Å². The number of hydrogen-bond donors (Lipinski definition) is 0. The molecule has 0 bridgehead atoms. The SMILES string of the molecule is CCCCCCCCCCCCCCc1nccc(Br)c1Cl. The van der Waals surface area contributed by atoms with Gasteiger partial charge in [0.2, 0.25) is 0 Å². The van der Waals surface area contributed by atoms with Gasteiger partial charge in [-0.3, -0.25) is 4.98 Å². The predicted octanol–water partition coefficient (Wildman–Crippen LogP) is 7.74. The molecule has 0 saturated heterocycles. The maximum Gasteiger partial charge on any atom is 0.0763 e. The van der Waals surface area contributed by atoms with E-state index in [1.807, 2.05) is 12.3 Å². The van der Waals surface area contributed by atoms with Crippen molar-refractivity contribution < 1.29 is 0 Å². The molecule has 1 nitrogen and oxygen atoms in total. The first kappa shape index (κ1) is 20.0. The van der Waals surface area contributed by atoms with E-state index in [4.69, 9.17) is 11.6 Å². The van der Waals surface area contributed by atoms with Crippen LogP contribution in [0.15, 0.2) is 16.7 Å². The van der Waals surface area contributed by atoms with Gasteiger partial charge in [0.05, 0.1) is 10.7 Å². The fourth-order valence-electron chi connectivity index (χ4n) is 2.77. The Balaban J connectivity index is 1.90. The molecule has 0 spiro atoms. The van der Waals surface area contributed by atoms with Crippen molar-refractivity contribution in [3.8, 4) is 0 Å². The minimum atomic E-state index is 0.783. The zero-order chi connectivity index (χ0) is 16.0. The van der Waals surface area contributed by atoms with E-state index in [-0.39, 0.29) is 0 Å². The van der Waals surface area contributed by atoms with Gasteiger partial charge in [0.1, 0.15) is 0 Å². The van der Waals surface area contributed by atoms with E-state index in [1.165, 1.54) is 77.0 Å². The summed E-state index contributed by atoms with van der Waals surface area (Å²) in [6.07, 6.45) is 19.4. The second-order valence-electron chi connectivity index (χ2n) is 6.19. The van der Waals surface area contributed by atoms with Crippen molar-refractivity contribution in [1.82, 2.24) is 4.98 Å². The van der Waals surface area contributed by atoms with Gasteiger partial charge in [0.25, 0.3) is 0 Å². The Kier molecular flexibility index (Phi) is 12.1. The summed E-state index contributed by atoms with van der Waals surface area (Å²) in [5, 5.41) is 0.783. The molecule has 3 heteroatoms. The largest absolute Gasteiger partial charge is 0.260 e. The quantitative estimate of drug-likeness (QED) is 0.315. The minimum absolute atomic E-state index is 0.783. The van der Waals surface area contributed by atoms with Crippen LogP contribution < -0.4 is 0 Å². The summed E-state index contributed by atoms with van der Waals surface area (Å²) in [5.41, 5.74) is 1.03. The van der Waals surface area contributed by atoms with E-state index in [9.17, 15) is 0 Å². The van der Waals surface area contributed by atoms with Gasteiger partial charge in [-0.2, -0.15) is 0 Å².